The van der Waals surface area contributed by atoms with Gasteiger partial charge in [-0.15, -0.1) is 0 Å². The number of hydrogen-bond acceptors (Lipinski definition) is 6. The summed E-state index contributed by atoms with van der Waals surface area (Å²) < 4.78 is 31.4. The van der Waals surface area contributed by atoms with E-state index in [9.17, 15) is 17.8 Å². The van der Waals surface area contributed by atoms with Crippen LogP contribution in [0.5, 0.6) is 0 Å². The lowest BCUT2D eigenvalue weighted by Gasteiger charge is -2.31. The van der Waals surface area contributed by atoms with Crippen LogP contribution in [0.3, 0.4) is 0 Å². The summed E-state index contributed by atoms with van der Waals surface area (Å²) in [6.07, 6.45) is 0.778. The highest BCUT2D eigenvalue weighted by molar-refractivity contribution is 7.85. The Balaban J connectivity index is 2.86. The number of ketones is 1. The fourth-order valence-electron chi connectivity index (χ4n) is 2.01. The van der Waals surface area contributed by atoms with E-state index in [2.05, 4.69) is 4.99 Å². The van der Waals surface area contributed by atoms with Gasteiger partial charge in [0.1, 0.15) is 5.92 Å². The highest BCUT2D eigenvalue weighted by atomic mass is 32.2. The van der Waals surface area contributed by atoms with Gasteiger partial charge in [0.25, 0.3) is 0 Å². The maximum Gasteiger partial charge on any atom is 0.156 e. The lowest BCUT2D eigenvalue weighted by molar-refractivity contribution is -0.122. The van der Waals surface area contributed by atoms with Crippen molar-refractivity contribution in [1.29, 1.82) is 5.26 Å². The molecule has 0 aromatic rings. The van der Waals surface area contributed by atoms with Gasteiger partial charge in [-0.2, -0.15) is 5.26 Å². The molecule has 1 atom stereocenters. The monoisotopic (exact) mass is 271 g/mol. The Morgan fingerprint density at radius 1 is 1.50 bits per heavy atom. The van der Waals surface area contributed by atoms with E-state index < -0.39 is 21.8 Å². The molecule has 0 bridgehead atoms. The van der Waals surface area contributed by atoms with Crippen LogP contribution in [0, 0.1) is 22.7 Å². The third kappa shape index (κ3) is 4.20. The number of aliphatic imine (C=N–C) groups is 1. The second-order valence-electron chi connectivity index (χ2n) is 5.18. The number of carbonyl (C=O) groups is 1. The molecule has 0 saturated heterocycles. The molecule has 7 heteroatoms. The summed E-state index contributed by atoms with van der Waals surface area (Å²) in [4.78, 5) is 15.7. The molecule has 1 rings (SSSR count). The highest BCUT2D eigenvalue weighted by Gasteiger charge is 2.37. The molecule has 1 aliphatic rings. The van der Waals surface area contributed by atoms with E-state index in [0.717, 1.165) is 0 Å². The average Bonchev–Trinajstić information content (AvgIpc) is 2.13. The van der Waals surface area contributed by atoms with Gasteiger partial charge in [-0.05, 0) is 11.8 Å². The first kappa shape index (κ1) is 14.8. The average molecular weight is 271 g/mol. The second-order valence-corrected chi connectivity index (χ2v) is 6.70. The predicted molar refractivity (Wildman–Crippen MR) is 64.0 cm³/mol. The number of nitriles is 1. The molecule has 0 amide bonds. The van der Waals surface area contributed by atoms with Crippen molar-refractivity contribution in [2.45, 2.75) is 26.7 Å². The van der Waals surface area contributed by atoms with Crippen molar-refractivity contribution in [3.63, 3.8) is 0 Å². The molecule has 0 aromatic carbocycles. The SMILES string of the molecule is CC1(C)CC(=O)C(C#N)C(=NCCS(=O)(=O)[O-])C1. The van der Waals surface area contributed by atoms with Crippen molar-refractivity contribution < 1.29 is 17.8 Å². The maximum atomic E-state index is 11.7. The van der Waals surface area contributed by atoms with Crippen molar-refractivity contribution >= 4 is 21.6 Å². The van der Waals surface area contributed by atoms with Crippen LogP contribution >= 0.6 is 0 Å². The first-order valence-corrected chi connectivity index (χ1v) is 7.11. The minimum atomic E-state index is -4.32. The zero-order valence-corrected chi connectivity index (χ0v) is 11.2. The van der Waals surface area contributed by atoms with Crippen molar-refractivity contribution in [2.24, 2.45) is 16.3 Å². The molecule has 18 heavy (non-hydrogen) atoms. The van der Waals surface area contributed by atoms with Crippen molar-refractivity contribution in [3.05, 3.63) is 0 Å². The number of nitrogens with zero attached hydrogens (tertiary/aromatic N) is 2. The van der Waals surface area contributed by atoms with Crippen LogP contribution in [0.25, 0.3) is 0 Å². The summed E-state index contributed by atoms with van der Waals surface area (Å²) in [6, 6.07) is 1.88. The van der Waals surface area contributed by atoms with Gasteiger partial charge in [0.15, 0.2) is 5.78 Å². The van der Waals surface area contributed by atoms with Gasteiger partial charge in [-0.25, -0.2) is 8.42 Å². The quantitative estimate of drug-likeness (QED) is 0.694. The topological polar surface area (TPSA) is 110 Å². The molecule has 1 fully saturated rings. The van der Waals surface area contributed by atoms with Crippen molar-refractivity contribution in [1.82, 2.24) is 0 Å². The minimum Gasteiger partial charge on any atom is -0.748 e. The molecule has 1 aliphatic carbocycles. The molecule has 0 aliphatic heterocycles. The smallest absolute Gasteiger partial charge is 0.156 e. The zero-order valence-electron chi connectivity index (χ0n) is 10.3. The maximum absolute atomic E-state index is 11.7. The molecular formula is C11H15N2O4S-. The summed E-state index contributed by atoms with van der Waals surface area (Å²) >= 11 is 0. The zero-order chi connectivity index (χ0) is 14.0. The van der Waals surface area contributed by atoms with E-state index >= 15 is 0 Å². The molecule has 0 radical (unpaired) electrons. The number of hydrogen-bond donors (Lipinski definition) is 0. The standard InChI is InChI=1S/C11H16N2O4S/c1-11(2)5-9(8(7-12)10(14)6-11)13-3-4-18(15,16)17/h8H,3-6H2,1-2H3,(H,15,16,17)/p-1. The Labute approximate surface area is 106 Å². The number of Topliss-reactive ketones (excluding diaryl/α,β-unsaturated/α-hetero) is 1. The van der Waals surface area contributed by atoms with E-state index in [-0.39, 0.29) is 17.7 Å². The second kappa shape index (κ2) is 5.16. The molecule has 0 N–H and O–H groups in total. The van der Waals surface area contributed by atoms with Gasteiger partial charge < -0.3 is 4.55 Å². The summed E-state index contributed by atoms with van der Waals surface area (Å²) in [5.41, 5.74) is 0.113. The van der Waals surface area contributed by atoms with Crippen LogP contribution < -0.4 is 0 Å². The third-order valence-electron chi connectivity index (χ3n) is 2.75. The number of rotatable bonds is 3. The predicted octanol–water partition coefficient (Wildman–Crippen LogP) is 0.501. The fraction of sp³-hybridized carbons (Fsp3) is 0.727. The van der Waals surface area contributed by atoms with E-state index in [1.807, 2.05) is 19.9 Å². The van der Waals surface area contributed by atoms with Gasteiger partial charge >= 0.3 is 0 Å². The van der Waals surface area contributed by atoms with Gasteiger partial charge in [-0.3, -0.25) is 9.79 Å². The first-order chi connectivity index (χ1) is 8.14. The molecule has 100 valence electrons. The molecule has 0 aromatic heterocycles. The van der Waals surface area contributed by atoms with Crippen LogP contribution in [0.4, 0.5) is 0 Å². The van der Waals surface area contributed by atoms with Crippen LogP contribution in [-0.2, 0) is 14.9 Å². The van der Waals surface area contributed by atoms with Crippen LogP contribution in [-0.4, -0.2) is 36.8 Å². The van der Waals surface area contributed by atoms with Crippen molar-refractivity contribution in [3.8, 4) is 6.07 Å². The normalized spacial score (nSPS) is 26.0. The highest BCUT2D eigenvalue weighted by Crippen LogP contribution is 2.34. The first-order valence-electron chi connectivity index (χ1n) is 5.54. The lowest BCUT2D eigenvalue weighted by Crippen LogP contribution is -2.37. The number of carbonyl (C=O) groups excluding carboxylic acids is 1. The van der Waals surface area contributed by atoms with E-state index in [0.29, 0.717) is 18.6 Å². The molecular weight excluding hydrogens is 256 g/mol. The Hall–Kier alpha value is -1.26. The van der Waals surface area contributed by atoms with Gasteiger partial charge in [0, 0.05) is 12.1 Å². The fourth-order valence-corrected chi connectivity index (χ4v) is 2.32. The van der Waals surface area contributed by atoms with E-state index in [4.69, 9.17) is 5.26 Å². The molecule has 1 saturated carbocycles. The van der Waals surface area contributed by atoms with Gasteiger partial charge in [-0.1, -0.05) is 13.8 Å². The molecule has 0 heterocycles. The largest absolute Gasteiger partial charge is 0.748 e. The Kier molecular flexibility index (Phi) is 4.24. The van der Waals surface area contributed by atoms with E-state index in [1.54, 1.807) is 0 Å². The molecule has 1 unspecified atom stereocenters. The van der Waals surface area contributed by atoms with E-state index in [1.165, 1.54) is 0 Å². The Bertz CT molecular complexity index is 514. The van der Waals surface area contributed by atoms with Crippen LogP contribution in [0.1, 0.15) is 26.7 Å². The summed E-state index contributed by atoms with van der Waals surface area (Å²) in [5.74, 6) is -1.70. The van der Waals surface area contributed by atoms with Gasteiger partial charge in [0.05, 0.1) is 28.5 Å². The summed E-state index contributed by atoms with van der Waals surface area (Å²) in [6.45, 7) is 3.58. The summed E-state index contributed by atoms with van der Waals surface area (Å²) in [5, 5.41) is 8.93. The van der Waals surface area contributed by atoms with Crippen molar-refractivity contribution in [2.75, 3.05) is 12.3 Å². The molecule has 6 nitrogen and oxygen atoms in total. The molecule has 0 spiro atoms. The Morgan fingerprint density at radius 2 is 2.11 bits per heavy atom. The van der Waals surface area contributed by atoms with Crippen LogP contribution in [0.2, 0.25) is 0 Å². The minimum absolute atomic E-state index is 0.192. The lowest BCUT2D eigenvalue weighted by atomic mass is 9.71. The third-order valence-corrected chi connectivity index (χ3v) is 3.44. The van der Waals surface area contributed by atoms with Gasteiger partial charge in [0.2, 0.25) is 0 Å². The van der Waals surface area contributed by atoms with Crippen LogP contribution in [0.15, 0.2) is 4.99 Å². The Morgan fingerprint density at radius 3 is 2.61 bits per heavy atom. The summed E-state index contributed by atoms with van der Waals surface area (Å²) in [7, 11) is -4.32.